The number of sulfonamides is 1. The highest BCUT2D eigenvalue weighted by Crippen LogP contribution is 2.24. The number of aromatic nitrogens is 2. The summed E-state index contributed by atoms with van der Waals surface area (Å²) in [6, 6.07) is 14.8. The van der Waals surface area contributed by atoms with Crippen molar-refractivity contribution in [1.29, 1.82) is 5.26 Å². The van der Waals surface area contributed by atoms with E-state index in [2.05, 4.69) is 10.1 Å². The molecule has 33 heavy (non-hydrogen) atoms. The zero-order valence-corrected chi connectivity index (χ0v) is 18.7. The number of carbonyl (C=O) groups excluding carboxylic acids is 1. The lowest BCUT2D eigenvalue weighted by atomic mass is 10.1. The zero-order chi connectivity index (χ0) is 23.4. The molecule has 1 amide bonds. The van der Waals surface area contributed by atoms with Gasteiger partial charge in [0.1, 0.15) is 11.8 Å². The van der Waals surface area contributed by atoms with E-state index in [1.54, 1.807) is 48.2 Å². The van der Waals surface area contributed by atoms with Gasteiger partial charge in [-0.3, -0.25) is 4.79 Å². The van der Waals surface area contributed by atoms with Crippen molar-refractivity contribution >= 4 is 15.9 Å². The average Bonchev–Trinajstić information content (AvgIpc) is 3.27. The number of para-hydroxylation sites is 1. The van der Waals surface area contributed by atoms with E-state index in [0.717, 1.165) is 0 Å². The summed E-state index contributed by atoms with van der Waals surface area (Å²) >= 11 is 0. The molecule has 2 aromatic carbocycles. The fourth-order valence-electron chi connectivity index (χ4n) is 3.54. The highest BCUT2D eigenvalue weighted by atomic mass is 32.2. The van der Waals surface area contributed by atoms with Gasteiger partial charge in [0.25, 0.3) is 5.91 Å². The molecule has 1 aromatic heterocycles. The first-order chi connectivity index (χ1) is 15.9. The number of benzene rings is 2. The summed E-state index contributed by atoms with van der Waals surface area (Å²) in [6.07, 6.45) is 0. The Balaban J connectivity index is 1.44. The summed E-state index contributed by atoms with van der Waals surface area (Å²) in [5.74, 6) is 0.904. The molecule has 1 aliphatic heterocycles. The number of carbonyl (C=O) groups is 1. The van der Waals surface area contributed by atoms with Crippen LogP contribution in [0.4, 0.5) is 0 Å². The molecule has 0 saturated carbocycles. The molecule has 1 fully saturated rings. The van der Waals surface area contributed by atoms with Gasteiger partial charge in [-0.15, -0.1) is 0 Å². The summed E-state index contributed by atoms with van der Waals surface area (Å²) < 4.78 is 38.0. The fourth-order valence-corrected chi connectivity index (χ4v) is 5.10. The lowest BCUT2D eigenvalue weighted by Crippen LogP contribution is -2.50. The number of hydrogen-bond donors (Lipinski definition) is 0. The van der Waals surface area contributed by atoms with Crippen molar-refractivity contribution in [2.45, 2.75) is 18.4 Å². The van der Waals surface area contributed by atoms with Crippen LogP contribution in [-0.4, -0.2) is 59.8 Å². The molecule has 11 heteroatoms. The second-order valence-electron chi connectivity index (χ2n) is 7.32. The van der Waals surface area contributed by atoms with Gasteiger partial charge in [0, 0.05) is 33.1 Å². The summed E-state index contributed by atoms with van der Waals surface area (Å²) in [5.41, 5.74) is 0.461. The van der Waals surface area contributed by atoms with Crippen LogP contribution < -0.4 is 4.74 Å². The van der Waals surface area contributed by atoms with Crippen LogP contribution in [0.15, 0.2) is 57.9 Å². The predicted molar refractivity (Wildman–Crippen MR) is 116 cm³/mol. The van der Waals surface area contributed by atoms with Crippen molar-refractivity contribution in [3.63, 3.8) is 0 Å². The molecule has 3 aromatic rings. The number of nitriles is 1. The largest absolute Gasteiger partial charge is 0.485 e. The lowest BCUT2D eigenvalue weighted by Gasteiger charge is -2.34. The summed E-state index contributed by atoms with van der Waals surface area (Å²) in [5, 5.41) is 13.0. The minimum absolute atomic E-state index is 0.0253. The van der Waals surface area contributed by atoms with Crippen molar-refractivity contribution in [2.24, 2.45) is 0 Å². The molecule has 0 N–H and O–H groups in total. The fraction of sp³-hybridized carbons (Fsp3) is 0.273. The molecule has 0 aliphatic carbocycles. The first kappa shape index (κ1) is 22.4. The highest BCUT2D eigenvalue weighted by Gasteiger charge is 2.32. The molecular weight excluding hydrogens is 446 g/mol. The van der Waals surface area contributed by atoms with Gasteiger partial charge in [-0.2, -0.15) is 14.6 Å². The quantitative estimate of drug-likeness (QED) is 0.538. The van der Waals surface area contributed by atoms with Crippen LogP contribution in [-0.2, 0) is 16.6 Å². The SMILES string of the molecule is Cc1nc(COc2ccccc2C(=O)N2CCN(S(=O)(=O)c3ccccc3C#N)CC2)no1. The van der Waals surface area contributed by atoms with Crippen LogP contribution in [0.1, 0.15) is 27.6 Å². The van der Waals surface area contributed by atoms with Crippen molar-refractivity contribution in [3.05, 3.63) is 71.4 Å². The molecule has 0 unspecified atom stereocenters. The number of aryl methyl sites for hydroxylation is 1. The van der Waals surface area contributed by atoms with Crippen molar-refractivity contribution < 1.29 is 22.5 Å². The van der Waals surface area contributed by atoms with E-state index in [9.17, 15) is 18.5 Å². The van der Waals surface area contributed by atoms with Gasteiger partial charge in [0.2, 0.25) is 21.7 Å². The Labute approximate surface area is 191 Å². The van der Waals surface area contributed by atoms with Gasteiger partial charge < -0.3 is 14.2 Å². The Bertz CT molecular complexity index is 1310. The van der Waals surface area contributed by atoms with Gasteiger partial charge in [-0.25, -0.2) is 8.42 Å². The van der Waals surface area contributed by atoms with Gasteiger partial charge in [0.15, 0.2) is 6.61 Å². The second kappa shape index (κ2) is 9.40. The van der Waals surface area contributed by atoms with E-state index >= 15 is 0 Å². The van der Waals surface area contributed by atoms with Crippen molar-refractivity contribution in [1.82, 2.24) is 19.3 Å². The normalized spacial score (nSPS) is 14.6. The molecule has 1 saturated heterocycles. The molecule has 0 spiro atoms. The van der Waals surface area contributed by atoms with Gasteiger partial charge >= 0.3 is 0 Å². The maximum absolute atomic E-state index is 13.1. The number of hydrogen-bond acceptors (Lipinski definition) is 8. The maximum atomic E-state index is 13.1. The van der Waals surface area contributed by atoms with Crippen LogP contribution in [0.3, 0.4) is 0 Å². The van der Waals surface area contributed by atoms with Gasteiger partial charge in [-0.1, -0.05) is 29.4 Å². The molecule has 0 radical (unpaired) electrons. The van der Waals surface area contributed by atoms with E-state index in [4.69, 9.17) is 9.26 Å². The first-order valence-electron chi connectivity index (χ1n) is 10.2. The first-order valence-corrected chi connectivity index (χ1v) is 11.6. The smallest absolute Gasteiger partial charge is 0.257 e. The van der Waals surface area contributed by atoms with E-state index in [1.807, 2.05) is 6.07 Å². The van der Waals surface area contributed by atoms with Gasteiger partial charge in [-0.05, 0) is 24.3 Å². The topological polar surface area (TPSA) is 130 Å². The predicted octanol–water partition coefficient (Wildman–Crippen LogP) is 1.98. The average molecular weight is 468 g/mol. The Morgan fingerprint density at radius 2 is 1.82 bits per heavy atom. The van der Waals surface area contributed by atoms with Crippen LogP contribution in [0.2, 0.25) is 0 Å². The Hall–Kier alpha value is -3.75. The molecule has 4 rings (SSSR count). The van der Waals surface area contributed by atoms with Crippen LogP contribution in [0.25, 0.3) is 0 Å². The molecule has 170 valence electrons. The summed E-state index contributed by atoms with van der Waals surface area (Å²) in [6.45, 7) is 2.40. The summed E-state index contributed by atoms with van der Waals surface area (Å²) in [4.78, 5) is 18.8. The van der Waals surface area contributed by atoms with E-state index in [1.165, 1.54) is 16.4 Å². The number of piperazine rings is 1. The number of amides is 1. The number of ether oxygens (including phenoxy) is 1. The molecule has 2 heterocycles. The van der Waals surface area contributed by atoms with Crippen LogP contribution >= 0.6 is 0 Å². The summed E-state index contributed by atoms with van der Waals surface area (Å²) in [7, 11) is -3.84. The zero-order valence-electron chi connectivity index (χ0n) is 17.8. The minimum atomic E-state index is -3.84. The Kier molecular flexibility index (Phi) is 6.39. The van der Waals surface area contributed by atoms with Crippen molar-refractivity contribution in [3.8, 4) is 11.8 Å². The van der Waals surface area contributed by atoms with Crippen LogP contribution in [0, 0.1) is 18.3 Å². The molecule has 0 atom stereocenters. The molecular formula is C22H21N5O5S. The monoisotopic (exact) mass is 467 g/mol. The minimum Gasteiger partial charge on any atom is -0.485 e. The number of nitrogens with zero attached hydrogens (tertiary/aromatic N) is 5. The highest BCUT2D eigenvalue weighted by molar-refractivity contribution is 7.89. The third-order valence-electron chi connectivity index (χ3n) is 5.20. The standard InChI is InChI=1S/C22H21N5O5S/c1-16-24-21(25-32-16)15-31-19-8-4-3-7-18(19)22(28)26-10-12-27(13-11-26)33(29,30)20-9-5-2-6-17(20)14-23/h2-9H,10-13,15H2,1H3. The van der Waals surface area contributed by atoms with Crippen LogP contribution in [0.5, 0.6) is 5.75 Å². The number of rotatable bonds is 6. The molecule has 1 aliphatic rings. The maximum Gasteiger partial charge on any atom is 0.257 e. The Morgan fingerprint density at radius 1 is 1.12 bits per heavy atom. The lowest BCUT2D eigenvalue weighted by molar-refractivity contribution is 0.0693. The molecule has 10 nitrogen and oxygen atoms in total. The van der Waals surface area contributed by atoms with Crippen molar-refractivity contribution in [2.75, 3.05) is 26.2 Å². The Morgan fingerprint density at radius 3 is 2.52 bits per heavy atom. The van der Waals surface area contributed by atoms with E-state index in [0.29, 0.717) is 23.0 Å². The second-order valence-corrected chi connectivity index (χ2v) is 9.23. The third kappa shape index (κ3) is 4.72. The van der Waals surface area contributed by atoms with E-state index < -0.39 is 10.0 Å². The van der Waals surface area contributed by atoms with E-state index in [-0.39, 0.29) is 49.2 Å². The molecule has 0 bridgehead atoms. The van der Waals surface area contributed by atoms with Gasteiger partial charge in [0.05, 0.1) is 16.0 Å². The third-order valence-corrected chi connectivity index (χ3v) is 7.15.